The summed E-state index contributed by atoms with van der Waals surface area (Å²) in [4.78, 5) is 27.4. The first-order valence-electron chi connectivity index (χ1n) is 10.6. The summed E-state index contributed by atoms with van der Waals surface area (Å²) in [6.45, 7) is 1.51. The van der Waals surface area contributed by atoms with Crippen molar-refractivity contribution >= 4 is 23.4 Å². The van der Waals surface area contributed by atoms with Crippen molar-refractivity contribution in [1.82, 2.24) is 10.2 Å². The van der Waals surface area contributed by atoms with Crippen LogP contribution in [0.5, 0.6) is 0 Å². The molecular weight excluding hydrogens is 422 g/mol. The van der Waals surface area contributed by atoms with E-state index >= 15 is 0 Å². The smallest absolute Gasteiger partial charge is 0.242 e. The minimum absolute atomic E-state index is 0.0626. The Bertz CT molecular complexity index is 911. The third kappa shape index (κ3) is 6.03. The van der Waals surface area contributed by atoms with E-state index in [1.165, 1.54) is 29.2 Å². The SMILES string of the molecule is C[C@H](C(=O)NC1CCCCC1)N(Cc1ccccc1F)C(=O)Cc1c(F)cccc1Cl. The standard InChI is InChI=1S/C24H27ClF2N2O2/c1-16(24(31)28-18-9-3-2-4-10-18)29(15-17-8-5-6-12-21(17)26)23(30)14-19-20(25)11-7-13-22(19)27/h5-8,11-13,16,18H,2-4,9-10,14-15H2,1H3,(H,28,31)/t16-/m1/s1. The Morgan fingerprint density at radius 1 is 1.06 bits per heavy atom. The minimum Gasteiger partial charge on any atom is -0.352 e. The first-order valence-corrected chi connectivity index (χ1v) is 11.0. The van der Waals surface area contributed by atoms with Crippen LogP contribution in [-0.2, 0) is 22.6 Å². The monoisotopic (exact) mass is 448 g/mol. The largest absolute Gasteiger partial charge is 0.352 e. The lowest BCUT2D eigenvalue weighted by Crippen LogP contribution is -2.50. The second-order valence-corrected chi connectivity index (χ2v) is 8.42. The van der Waals surface area contributed by atoms with Crippen LogP contribution in [0.1, 0.15) is 50.2 Å². The summed E-state index contributed by atoms with van der Waals surface area (Å²) in [6.07, 6.45) is 4.77. The number of benzene rings is 2. The summed E-state index contributed by atoms with van der Waals surface area (Å²) in [5.74, 6) is -1.85. The highest BCUT2D eigenvalue weighted by Gasteiger charge is 2.29. The van der Waals surface area contributed by atoms with E-state index < -0.39 is 23.6 Å². The Hall–Kier alpha value is -2.47. The molecule has 2 aromatic rings. The Kier molecular flexibility index (Phi) is 8.02. The number of halogens is 3. The topological polar surface area (TPSA) is 49.4 Å². The molecule has 7 heteroatoms. The Morgan fingerprint density at radius 2 is 1.74 bits per heavy atom. The van der Waals surface area contributed by atoms with Gasteiger partial charge < -0.3 is 10.2 Å². The summed E-state index contributed by atoms with van der Waals surface area (Å²) in [6, 6.07) is 9.53. The van der Waals surface area contributed by atoms with Gasteiger partial charge in [-0.2, -0.15) is 0 Å². The van der Waals surface area contributed by atoms with Gasteiger partial charge in [0.25, 0.3) is 0 Å². The van der Waals surface area contributed by atoms with Gasteiger partial charge in [-0.05, 0) is 38.0 Å². The fraction of sp³-hybridized carbons (Fsp3) is 0.417. The van der Waals surface area contributed by atoms with Crippen LogP contribution >= 0.6 is 11.6 Å². The van der Waals surface area contributed by atoms with Crippen LogP contribution in [0.2, 0.25) is 5.02 Å². The van der Waals surface area contributed by atoms with E-state index in [9.17, 15) is 18.4 Å². The van der Waals surface area contributed by atoms with Crippen molar-refractivity contribution in [2.24, 2.45) is 0 Å². The van der Waals surface area contributed by atoms with Gasteiger partial charge in [-0.1, -0.05) is 55.1 Å². The van der Waals surface area contributed by atoms with Crippen molar-refractivity contribution in [2.75, 3.05) is 0 Å². The quantitative estimate of drug-likeness (QED) is 0.646. The molecule has 0 unspecified atom stereocenters. The predicted octanol–water partition coefficient (Wildman–Crippen LogP) is 5.03. The molecule has 0 aliphatic heterocycles. The fourth-order valence-electron chi connectivity index (χ4n) is 3.92. The molecule has 0 bridgehead atoms. The number of nitrogens with one attached hydrogen (secondary N) is 1. The average molecular weight is 449 g/mol. The molecule has 1 saturated carbocycles. The summed E-state index contributed by atoms with van der Waals surface area (Å²) < 4.78 is 28.5. The average Bonchev–Trinajstić information content (AvgIpc) is 2.76. The second-order valence-electron chi connectivity index (χ2n) is 8.01. The van der Waals surface area contributed by atoms with E-state index in [4.69, 9.17) is 11.6 Å². The van der Waals surface area contributed by atoms with E-state index in [1.54, 1.807) is 25.1 Å². The van der Waals surface area contributed by atoms with Crippen molar-refractivity contribution < 1.29 is 18.4 Å². The maximum atomic E-state index is 14.3. The van der Waals surface area contributed by atoms with Crippen molar-refractivity contribution in [3.05, 3.63) is 70.2 Å². The highest BCUT2D eigenvalue weighted by atomic mass is 35.5. The fourth-order valence-corrected chi connectivity index (χ4v) is 4.15. The van der Waals surface area contributed by atoms with Gasteiger partial charge in [-0.25, -0.2) is 8.78 Å². The number of carbonyl (C=O) groups excluding carboxylic acids is 2. The van der Waals surface area contributed by atoms with Crippen LogP contribution in [0.25, 0.3) is 0 Å². The van der Waals surface area contributed by atoms with Gasteiger partial charge >= 0.3 is 0 Å². The van der Waals surface area contributed by atoms with Gasteiger partial charge in [0.1, 0.15) is 17.7 Å². The molecule has 1 aliphatic carbocycles. The molecule has 3 rings (SSSR count). The van der Waals surface area contributed by atoms with Crippen LogP contribution in [0.15, 0.2) is 42.5 Å². The van der Waals surface area contributed by atoms with Crippen molar-refractivity contribution in [3.8, 4) is 0 Å². The van der Waals surface area contributed by atoms with Gasteiger partial charge in [0.05, 0.1) is 6.42 Å². The molecule has 1 fully saturated rings. The highest BCUT2D eigenvalue weighted by molar-refractivity contribution is 6.31. The molecule has 2 aromatic carbocycles. The minimum atomic E-state index is -0.848. The molecule has 0 aromatic heterocycles. The number of amides is 2. The Balaban J connectivity index is 1.82. The molecule has 1 aliphatic rings. The van der Waals surface area contributed by atoms with E-state index in [2.05, 4.69) is 5.32 Å². The summed E-state index contributed by atoms with van der Waals surface area (Å²) in [7, 11) is 0. The lowest BCUT2D eigenvalue weighted by atomic mass is 9.95. The van der Waals surface area contributed by atoms with Crippen LogP contribution in [0, 0.1) is 11.6 Å². The summed E-state index contributed by atoms with van der Waals surface area (Å²) >= 11 is 6.08. The zero-order valence-corrected chi connectivity index (χ0v) is 18.3. The number of hydrogen-bond acceptors (Lipinski definition) is 2. The lowest BCUT2D eigenvalue weighted by Gasteiger charge is -2.31. The molecule has 0 spiro atoms. The van der Waals surface area contributed by atoms with E-state index in [0.29, 0.717) is 0 Å². The number of rotatable bonds is 7. The zero-order chi connectivity index (χ0) is 22.4. The summed E-state index contributed by atoms with van der Waals surface area (Å²) in [5.41, 5.74) is 0.348. The predicted molar refractivity (Wildman–Crippen MR) is 117 cm³/mol. The lowest BCUT2D eigenvalue weighted by molar-refractivity contribution is -0.140. The Morgan fingerprint density at radius 3 is 2.42 bits per heavy atom. The molecule has 166 valence electrons. The van der Waals surface area contributed by atoms with Crippen LogP contribution < -0.4 is 5.32 Å². The third-order valence-electron chi connectivity index (χ3n) is 5.81. The molecule has 31 heavy (non-hydrogen) atoms. The molecule has 0 radical (unpaired) electrons. The molecule has 0 heterocycles. The van der Waals surface area contributed by atoms with Crippen molar-refractivity contribution in [3.63, 3.8) is 0 Å². The van der Waals surface area contributed by atoms with Gasteiger partial charge in [0.2, 0.25) is 11.8 Å². The zero-order valence-electron chi connectivity index (χ0n) is 17.5. The molecular formula is C24H27ClF2N2O2. The van der Waals surface area contributed by atoms with Gasteiger partial charge in [0.15, 0.2) is 0 Å². The van der Waals surface area contributed by atoms with E-state index in [-0.39, 0.29) is 41.1 Å². The number of nitrogens with zero attached hydrogens (tertiary/aromatic N) is 1. The molecule has 0 saturated heterocycles. The summed E-state index contributed by atoms with van der Waals surface area (Å²) in [5, 5.41) is 3.15. The second kappa shape index (κ2) is 10.7. The molecule has 1 N–H and O–H groups in total. The maximum absolute atomic E-state index is 14.3. The van der Waals surface area contributed by atoms with Crippen LogP contribution in [0.3, 0.4) is 0 Å². The number of carbonyl (C=O) groups is 2. The molecule has 2 amide bonds. The van der Waals surface area contributed by atoms with Gasteiger partial charge in [0, 0.05) is 28.7 Å². The maximum Gasteiger partial charge on any atom is 0.242 e. The third-order valence-corrected chi connectivity index (χ3v) is 6.16. The van der Waals surface area contributed by atoms with E-state index in [1.807, 2.05) is 0 Å². The van der Waals surface area contributed by atoms with Crippen molar-refractivity contribution in [2.45, 2.75) is 64.1 Å². The van der Waals surface area contributed by atoms with Crippen molar-refractivity contribution in [1.29, 1.82) is 0 Å². The van der Waals surface area contributed by atoms with E-state index in [0.717, 1.165) is 32.1 Å². The van der Waals surface area contributed by atoms with Crippen LogP contribution in [-0.4, -0.2) is 28.8 Å². The van der Waals surface area contributed by atoms with Gasteiger partial charge in [-0.3, -0.25) is 9.59 Å². The highest BCUT2D eigenvalue weighted by Crippen LogP contribution is 2.22. The first kappa shape index (κ1) is 23.2. The normalized spacial score (nSPS) is 15.4. The Labute approximate surface area is 186 Å². The van der Waals surface area contributed by atoms with Gasteiger partial charge in [-0.15, -0.1) is 0 Å². The number of hydrogen-bond donors (Lipinski definition) is 1. The first-order chi connectivity index (χ1) is 14.9. The molecule has 1 atom stereocenters. The van der Waals surface area contributed by atoms with Crippen LogP contribution in [0.4, 0.5) is 8.78 Å². The molecule has 4 nitrogen and oxygen atoms in total.